The maximum absolute atomic E-state index is 13.3. The van der Waals surface area contributed by atoms with Crippen molar-refractivity contribution in [3.63, 3.8) is 0 Å². The first kappa shape index (κ1) is 28.5. The second-order valence-corrected chi connectivity index (χ2v) is 8.62. The van der Waals surface area contributed by atoms with E-state index in [1.165, 1.54) is 12.1 Å². The fourth-order valence-corrected chi connectivity index (χ4v) is 3.86. The zero-order valence-electron chi connectivity index (χ0n) is 20.4. The molecule has 4 N–H and O–H groups in total. The van der Waals surface area contributed by atoms with E-state index >= 15 is 0 Å². The minimum atomic E-state index is -1.26. The number of benzene rings is 2. The molecule has 10 nitrogen and oxygen atoms in total. The fourth-order valence-electron chi connectivity index (χ4n) is 3.69. The summed E-state index contributed by atoms with van der Waals surface area (Å²) in [4.78, 5) is 32.4. The zero-order chi connectivity index (χ0) is 27.5. The summed E-state index contributed by atoms with van der Waals surface area (Å²) >= 11 is 6.19. The van der Waals surface area contributed by atoms with Crippen molar-refractivity contribution in [2.75, 3.05) is 39.3 Å². The minimum Gasteiger partial charge on any atom is -0.491 e. The zero-order valence-corrected chi connectivity index (χ0v) is 21.2. The molecule has 0 unspecified atom stereocenters. The van der Waals surface area contributed by atoms with Crippen LogP contribution in [0.1, 0.15) is 6.42 Å². The number of carboxylic acid groups (broad SMARTS) is 2. The molecular weight excluding hydrogens is 519 g/mol. The highest BCUT2D eigenvalue weighted by Gasteiger charge is 2.18. The Balaban J connectivity index is 0.000000436. The Morgan fingerprint density at radius 3 is 2.45 bits per heavy atom. The SMILES string of the molecule is O=C(O)C=CC(=O)O.O=C1NCCN1CCNCCCOc1cn(-c2ccc(F)cc2)c2ccc(Cl)cc12. The first-order valence-corrected chi connectivity index (χ1v) is 12.2. The van der Waals surface area contributed by atoms with E-state index in [1.807, 2.05) is 29.0 Å². The van der Waals surface area contributed by atoms with Gasteiger partial charge in [0.1, 0.15) is 11.6 Å². The number of carboxylic acids is 2. The molecule has 3 aromatic rings. The molecule has 202 valence electrons. The van der Waals surface area contributed by atoms with E-state index in [-0.39, 0.29) is 11.8 Å². The number of urea groups is 1. The number of halogens is 2. The van der Waals surface area contributed by atoms with Gasteiger partial charge in [0.25, 0.3) is 0 Å². The number of nitrogens with one attached hydrogen (secondary N) is 2. The number of hydrogen-bond donors (Lipinski definition) is 4. The van der Waals surface area contributed by atoms with E-state index in [2.05, 4.69) is 10.6 Å². The van der Waals surface area contributed by atoms with Crippen molar-refractivity contribution in [2.24, 2.45) is 0 Å². The standard InChI is InChI=1S/C22H24ClFN4O2.C4H4O4/c23-16-2-7-20-19(14-16)21(15-28(20)18-5-3-17(24)4-6-18)30-13-1-8-25-9-11-27-12-10-26-22(27)29;5-3(6)1-2-4(7)8/h2-7,14-15,25H,1,8-13H2,(H,26,29);1-2H,(H,5,6)(H,7,8). The summed E-state index contributed by atoms with van der Waals surface area (Å²) in [6.07, 6.45) is 3.86. The van der Waals surface area contributed by atoms with Gasteiger partial charge in [0.2, 0.25) is 0 Å². The molecule has 2 aromatic carbocycles. The van der Waals surface area contributed by atoms with Crippen LogP contribution in [0.3, 0.4) is 0 Å². The molecule has 2 amide bonds. The Bertz CT molecular complexity index is 1280. The molecule has 0 atom stereocenters. The highest BCUT2D eigenvalue weighted by atomic mass is 35.5. The summed E-state index contributed by atoms with van der Waals surface area (Å²) in [6, 6.07) is 12.0. The van der Waals surface area contributed by atoms with Crippen LogP contribution in [0, 0.1) is 5.82 Å². The van der Waals surface area contributed by atoms with E-state index in [4.69, 9.17) is 26.6 Å². The average molecular weight is 547 g/mol. The van der Waals surface area contributed by atoms with Crippen molar-refractivity contribution in [3.8, 4) is 11.4 Å². The van der Waals surface area contributed by atoms with Gasteiger partial charge < -0.3 is 35.1 Å². The third-order valence-electron chi connectivity index (χ3n) is 5.46. The van der Waals surface area contributed by atoms with Crippen LogP contribution in [0.2, 0.25) is 5.02 Å². The van der Waals surface area contributed by atoms with Crippen LogP contribution in [0.4, 0.5) is 9.18 Å². The van der Waals surface area contributed by atoms with E-state index in [0.29, 0.717) is 30.3 Å². The Morgan fingerprint density at radius 1 is 1.11 bits per heavy atom. The number of carbonyl (C=O) groups excluding carboxylic acids is 1. The lowest BCUT2D eigenvalue weighted by Crippen LogP contribution is -2.35. The van der Waals surface area contributed by atoms with Crippen LogP contribution in [0.5, 0.6) is 5.75 Å². The molecule has 1 fully saturated rings. The van der Waals surface area contributed by atoms with Crippen molar-refractivity contribution in [2.45, 2.75) is 6.42 Å². The molecule has 38 heavy (non-hydrogen) atoms. The second kappa shape index (κ2) is 14.0. The predicted octanol–water partition coefficient (Wildman–Crippen LogP) is 3.52. The fraction of sp³-hybridized carbons (Fsp3) is 0.269. The van der Waals surface area contributed by atoms with E-state index < -0.39 is 11.9 Å². The van der Waals surface area contributed by atoms with Crippen LogP contribution >= 0.6 is 11.6 Å². The minimum absolute atomic E-state index is 0.0105. The summed E-state index contributed by atoms with van der Waals surface area (Å²) in [6.45, 7) is 4.30. The van der Waals surface area contributed by atoms with Gasteiger partial charge in [0, 0.05) is 54.4 Å². The topological polar surface area (TPSA) is 133 Å². The molecule has 0 radical (unpaired) electrons. The molecule has 1 saturated heterocycles. The van der Waals surface area contributed by atoms with Gasteiger partial charge in [-0.3, -0.25) is 0 Å². The van der Waals surface area contributed by atoms with Crippen LogP contribution < -0.4 is 15.4 Å². The molecule has 0 saturated carbocycles. The molecular formula is C26H28ClFN4O6. The molecule has 0 spiro atoms. The monoisotopic (exact) mass is 546 g/mol. The maximum atomic E-state index is 13.3. The van der Waals surface area contributed by atoms with Crippen molar-refractivity contribution in [1.29, 1.82) is 0 Å². The van der Waals surface area contributed by atoms with E-state index in [0.717, 1.165) is 54.9 Å². The third kappa shape index (κ3) is 8.49. The Labute approximate surface area is 223 Å². The van der Waals surface area contributed by atoms with Gasteiger partial charge in [-0.05, 0) is 55.4 Å². The number of amides is 2. The van der Waals surface area contributed by atoms with Gasteiger partial charge in [0.05, 0.1) is 18.3 Å². The van der Waals surface area contributed by atoms with Crippen molar-refractivity contribution in [1.82, 2.24) is 20.1 Å². The number of aromatic nitrogens is 1. The number of rotatable bonds is 11. The van der Waals surface area contributed by atoms with Gasteiger partial charge in [-0.1, -0.05) is 11.6 Å². The second-order valence-electron chi connectivity index (χ2n) is 8.18. The summed E-state index contributed by atoms with van der Waals surface area (Å²) in [5.41, 5.74) is 1.80. The molecule has 1 aliphatic heterocycles. The highest BCUT2D eigenvalue weighted by molar-refractivity contribution is 6.31. The van der Waals surface area contributed by atoms with Crippen molar-refractivity contribution >= 4 is 40.5 Å². The Morgan fingerprint density at radius 2 is 1.82 bits per heavy atom. The average Bonchev–Trinajstić information content (AvgIpc) is 3.45. The van der Waals surface area contributed by atoms with Gasteiger partial charge in [-0.15, -0.1) is 0 Å². The molecule has 2 heterocycles. The van der Waals surface area contributed by atoms with Gasteiger partial charge >= 0.3 is 18.0 Å². The summed E-state index contributed by atoms with van der Waals surface area (Å²) in [5, 5.41) is 23.3. The number of hydrogen-bond acceptors (Lipinski definition) is 5. The van der Waals surface area contributed by atoms with Gasteiger partial charge in [-0.25, -0.2) is 18.8 Å². The van der Waals surface area contributed by atoms with Gasteiger partial charge in [0.15, 0.2) is 0 Å². The number of fused-ring (bicyclic) bond motifs is 1. The quantitative estimate of drug-likeness (QED) is 0.214. The molecule has 0 aliphatic carbocycles. The lowest BCUT2D eigenvalue weighted by atomic mass is 10.2. The lowest BCUT2D eigenvalue weighted by molar-refractivity contribution is -0.134. The van der Waals surface area contributed by atoms with Gasteiger partial charge in [-0.2, -0.15) is 0 Å². The van der Waals surface area contributed by atoms with E-state index in [9.17, 15) is 18.8 Å². The largest absolute Gasteiger partial charge is 0.491 e. The normalized spacial score (nSPS) is 12.9. The maximum Gasteiger partial charge on any atom is 0.328 e. The predicted molar refractivity (Wildman–Crippen MR) is 141 cm³/mol. The Hall–Kier alpha value is -4.09. The highest BCUT2D eigenvalue weighted by Crippen LogP contribution is 2.32. The third-order valence-corrected chi connectivity index (χ3v) is 5.70. The summed E-state index contributed by atoms with van der Waals surface area (Å²) < 4.78 is 21.3. The Kier molecular flexibility index (Phi) is 10.5. The number of carbonyl (C=O) groups is 3. The van der Waals surface area contributed by atoms with Crippen molar-refractivity contribution in [3.05, 3.63) is 71.7 Å². The molecule has 0 bridgehead atoms. The van der Waals surface area contributed by atoms with Crippen LogP contribution in [0.25, 0.3) is 16.6 Å². The first-order chi connectivity index (χ1) is 18.2. The van der Waals surface area contributed by atoms with E-state index in [1.54, 1.807) is 17.0 Å². The molecule has 1 aromatic heterocycles. The van der Waals surface area contributed by atoms with Crippen molar-refractivity contribution < 1.29 is 33.7 Å². The smallest absolute Gasteiger partial charge is 0.328 e. The lowest BCUT2D eigenvalue weighted by Gasteiger charge is -2.14. The van der Waals surface area contributed by atoms with Crippen LogP contribution in [0.15, 0.2) is 60.8 Å². The first-order valence-electron chi connectivity index (χ1n) is 11.8. The molecule has 1 aliphatic rings. The molecule has 12 heteroatoms. The number of ether oxygens (including phenoxy) is 1. The number of aliphatic carboxylic acids is 2. The number of nitrogens with zero attached hydrogens (tertiary/aromatic N) is 2. The molecule has 4 rings (SSSR count). The van der Waals surface area contributed by atoms with Crippen LogP contribution in [-0.4, -0.2) is 77.0 Å². The summed E-state index contributed by atoms with van der Waals surface area (Å²) in [5.74, 6) is -2.04. The summed E-state index contributed by atoms with van der Waals surface area (Å²) in [7, 11) is 0. The van der Waals surface area contributed by atoms with Crippen LogP contribution in [-0.2, 0) is 9.59 Å².